The molecule has 4 heteroatoms. The van der Waals surface area contributed by atoms with Crippen LogP contribution in [0, 0.1) is 5.92 Å². The van der Waals surface area contributed by atoms with Gasteiger partial charge in [-0.1, -0.05) is 25.4 Å². The molecule has 1 aromatic carbocycles. The van der Waals surface area contributed by atoms with Crippen molar-refractivity contribution in [1.29, 1.82) is 0 Å². The lowest BCUT2D eigenvalue weighted by Crippen LogP contribution is -2.48. The van der Waals surface area contributed by atoms with Crippen LogP contribution < -0.4 is 15.0 Å². The lowest BCUT2D eigenvalue weighted by molar-refractivity contribution is 0.324. The Hall–Kier alpha value is -0.930. The van der Waals surface area contributed by atoms with Gasteiger partial charge in [-0.15, -0.1) is 0 Å². The van der Waals surface area contributed by atoms with Crippen molar-refractivity contribution < 1.29 is 4.74 Å². The lowest BCUT2D eigenvalue weighted by Gasteiger charge is -2.39. The molecule has 1 N–H and O–H groups in total. The molecule has 0 spiro atoms. The number of methoxy groups -OCH3 is 1. The molecule has 1 aliphatic heterocycles. The predicted octanol–water partition coefficient (Wildman–Crippen LogP) is 3.17. The van der Waals surface area contributed by atoms with Crippen molar-refractivity contribution in [1.82, 2.24) is 5.32 Å². The number of hydrogen-bond donors (Lipinski definition) is 1. The van der Waals surface area contributed by atoms with Crippen LogP contribution in [0.4, 0.5) is 5.69 Å². The Morgan fingerprint density at radius 1 is 1.47 bits per heavy atom. The number of nitrogens with one attached hydrogen (secondary N) is 1. The third kappa shape index (κ3) is 3.34. The molecule has 1 heterocycles. The highest BCUT2D eigenvalue weighted by Crippen LogP contribution is 2.33. The molecular weight excluding hydrogens is 260 g/mol. The van der Waals surface area contributed by atoms with E-state index in [1.807, 2.05) is 18.2 Å². The zero-order valence-electron chi connectivity index (χ0n) is 11.9. The summed E-state index contributed by atoms with van der Waals surface area (Å²) < 4.78 is 5.45. The van der Waals surface area contributed by atoms with Crippen molar-refractivity contribution in [3.63, 3.8) is 0 Å². The molecule has 2 unspecified atom stereocenters. The molecule has 0 aromatic heterocycles. The van der Waals surface area contributed by atoms with Crippen LogP contribution in [-0.4, -0.2) is 32.8 Å². The standard InChI is InChI=1S/C15H23ClN2O/c1-4-17-13-7-8-18(10-11(13)2)14-9-12(16)5-6-15(14)19-3/h5-6,9,11,13,17H,4,7-8,10H2,1-3H3. The monoisotopic (exact) mass is 282 g/mol. The third-order valence-corrected chi connectivity index (χ3v) is 4.09. The smallest absolute Gasteiger partial charge is 0.142 e. The van der Waals surface area contributed by atoms with Crippen molar-refractivity contribution in [3.05, 3.63) is 23.2 Å². The van der Waals surface area contributed by atoms with Crippen molar-refractivity contribution >= 4 is 17.3 Å². The van der Waals surface area contributed by atoms with E-state index in [-0.39, 0.29) is 0 Å². The SMILES string of the molecule is CCNC1CCN(c2cc(Cl)ccc2OC)CC1C. The van der Waals surface area contributed by atoms with E-state index in [4.69, 9.17) is 16.3 Å². The van der Waals surface area contributed by atoms with Crippen LogP contribution >= 0.6 is 11.6 Å². The van der Waals surface area contributed by atoms with Gasteiger partial charge in [0, 0.05) is 24.2 Å². The van der Waals surface area contributed by atoms with Crippen molar-refractivity contribution in [2.24, 2.45) is 5.92 Å². The fraction of sp³-hybridized carbons (Fsp3) is 0.600. The van der Waals surface area contributed by atoms with Crippen LogP contribution in [0.2, 0.25) is 5.02 Å². The summed E-state index contributed by atoms with van der Waals surface area (Å²) >= 11 is 6.11. The topological polar surface area (TPSA) is 24.5 Å². The molecule has 106 valence electrons. The second kappa shape index (κ2) is 6.49. The van der Waals surface area contributed by atoms with Gasteiger partial charge in [0.1, 0.15) is 5.75 Å². The van der Waals surface area contributed by atoms with Crippen LogP contribution in [0.3, 0.4) is 0 Å². The molecule has 1 fully saturated rings. The zero-order valence-corrected chi connectivity index (χ0v) is 12.7. The minimum atomic E-state index is 0.617. The van der Waals surface area contributed by atoms with E-state index < -0.39 is 0 Å². The summed E-state index contributed by atoms with van der Waals surface area (Å²) in [6, 6.07) is 6.43. The Balaban J connectivity index is 2.13. The first-order valence-corrected chi connectivity index (χ1v) is 7.35. The normalized spacial score (nSPS) is 23.5. The highest BCUT2D eigenvalue weighted by molar-refractivity contribution is 6.30. The van der Waals surface area contributed by atoms with Gasteiger partial charge in [0.05, 0.1) is 12.8 Å². The van der Waals surface area contributed by atoms with Crippen LogP contribution in [0.25, 0.3) is 0 Å². The summed E-state index contributed by atoms with van der Waals surface area (Å²) in [5.74, 6) is 1.52. The number of anilines is 1. The summed E-state index contributed by atoms with van der Waals surface area (Å²) in [6.07, 6.45) is 1.16. The number of nitrogens with zero attached hydrogens (tertiary/aromatic N) is 1. The number of ether oxygens (including phenoxy) is 1. The number of halogens is 1. The molecule has 2 atom stereocenters. The van der Waals surface area contributed by atoms with E-state index in [0.29, 0.717) is 12.0 Å². The van der Waals surface area contributed by atoms with Gasteiger partial charge in [-0.25, -0.2) is 0 Å². The second-order valence-corrected chi connectivity index (χ2v) is 5.63. The summed E-state index contributed by atoms with van der Waals surface area (Å²) in [4.78, 5) is 2.38. The Labute approximate surface area is 120 Å². The molecule has 3 nitrogen and oxygen atoms in total. The first-order chi connectivity index (χ1) is 9.15. The first kappa shape index (κ1) is 14.5. The maximum atomic E-state index is 6.11. The highest BCUT2D eigenvalue weighted by Gasteiger charge is 2.26. The number of benzene rings is 1. The quantitative estimate of drug-likeness (QED) is 0.918. The molecule has 1 aliphatic rings. The molecule has 1 saturated heterocycles. The molecule has 1 aromatic rings. The summed E-state index contributed by atoms with van der Waals surface area (Å²) in [6.45, 7) is 7.58. The van der Waals surface area contributed by atoms with E-state index in [9.17, 15) is 0 Å². The van der Waals surface area contributed by atoms with Gasteiger partial charge in [-0.2, -0.15) is 0 Å². The van der Waals surface area contributed by atoms with Crippen LogP contribution in [0.5, 0.6) is 5.75 Å². The number of rotatable bonds is 4. The van der Waals surface area contributed by atoms with E-state index in [0.717, 1.165) is 42.5 Å². The lowest BCUT2D eigenvalue weighted by atomic mass is 9.93. The average molecular weight is 283 g/mol. The van der Waals surface area contributed by atoms with E-state index in [2.05, 4.69) is 24.1 Å². The molecular formula is C15H23ClN2O. The van der Waals surface area contributed by atoms with Crippen LogP contribution in [-0.2, 0) is 0 Å². The molecule has 2 rings (SSSR count). The van der Waals surface area contributed by atoms with E-state index >= 15 is 0 Å². The minimum absolute atomic E-state index is 0.617. The average Bonchev–Trinajstić information content (AvgIpc) is 2.41. The van der Waals surface area contributed by atoms with Crippen LogP contribution in [0.1, 0.15) is 20.3 Å². The summed E-state index contributed by atoms with van der Waals surface area (Å²) in [7, 11) is 1.71. The van der Waals surface area contributed by atoms with Crippen LogP contribution in [0.15, 0.2) is 18.2 Å². The third-order valence-electron chi connectivity index (χ3n) is 3.85. The molecule has 0 bridgehead atoms. The maximum absolute atomic E-state index is 6.11. The largest absolute Gasteiger partial charge is 0.495 e. The van der Waals surface area contributed by atoms with Gasteiger partial charge >= 0.3 is 0 Å². The highest BCUT2D eigenvalue weighted by atomic mass is 35.5. The van der Waals surface area contributed by atoms with E-state index in [1.54, 1.807) is 7.11 Å². The fourth-order valence-electron chi connectivity index (χ4n) is 2.84. The molecule has 0 aliphatic carbocycles. The molecule has 0 saturated carbocycles. The second-order valence-electron chi connectivity index (χ2n) is 5.19. The Morgan fingerprint density at radius 3 is 2.89 bits per heavy atom. The van der Waals surface area contributed by atoms with Gasteiger partial charge in [0.25, 0.3) is 0 Å². The molecule has 0 amide bonds. The maximum Gasteiger partial charge on any atom is 0.142 e. The van der Waals surface area contributed by atoms with Gasteiger partial charge in [-0.3, -0.25) is 0 Å². The molecule has 19 heavy (non-hydrogen) atoms. The number of piperidine rings is 1. The number of hydrogen-bond acceptors (Lipinski definition) is 3. The van der Waals surface area contributed by atoms with Crippen molar-refractivity contribution in [2.45, 2.75) is 26.3 Å². The first-order valence-electron chi connectivity index (χ1n) is 6.97. The van der Waals surface area contributed by atoms with Gasteiger partial charge < -0.3 is 15.0 Å². The van der Waals surface area contributed by atoms with Gasteiger partial charge in [-0.05, 0) is 37.1 Å². The summed E-state index contributed by atoms with van der Waals surface area (Å²) in [5.41, 5.74) is 1.11. The van der Waals surface area contributed by atoms with Crippen molar-refractivity contribution in [2.75, 3.05) is 31.6 Å². The fourth-order valence-corrected chi connectivity index (χ4v) is 3.01. The summed E-state index contributed by atoms with van der Waals surface area (Å²) in [5, 5.41) is 4.32. The minimum Gasteiger partial charge on any atom is -0.495 e. The van der Waals surface area contributed by atoms with E-state index in [1.165, 1.54) is 0 Å². The van der Waals surface area contributed by atoms with Gasteiger partial charge in [0.2, 0.25) is 0 Å². The van der Waals surface area contributed by atoms with Crippen molar-refractivity contribution in [3.8, 4) is 5.75 Å². The Kier molecular flexibility index (Phi) is 4.94. The van der Waals surface area contributed by atoms with Gasteiger partial charge in [0.15, 0.2) is 0 Å². The Bertz CT molecular complexity index is 425. The molecule has 0 radical (unpaired) electrons. The Morgan fingerprint density at radius 2 is 2.26 bits per heavy atom. The zero-order chi connectivity index (χ0) is 13.8. The predicted molar refractivity (Wildman–Crippen MR) is 81.5 cm³/mol.